The number of hydroxylamine groups is 2. The van der Waals surface area contributed by atoms with E-state index in [2.05, 4.69) is 15.9 Å². The molecule has 0 aliphatic rings. The van der Waals surface area contributed by atoms with Gasteiger partial charge >= 0.3 is 0 Å². The van der Waals surface area contributed by atoms with Gasteiger partial charge in [0.2, 0.25) is 0 Å². The molecule has 1 aromatic heterocycles. The summed E-state index contributed by atoms with van der Waals surface area (Å²) in [5.74, 6) is -0.105. The predicted molar refractivity (Wildman–Crippen MR) is 56.1 cm³/mol. The summed E-state index contributed by atoms with van der Waals surface area (Å²) >= 11 is 4.75. The highest BCUT2D eigenvalue weighted by atomic mass is 79.9. The maximum Gasteiger partial charge on any atom is 0.287 e. The minimum Gasteiger partial charge on any atom is -0.274 e. The van der Waals surface area contributed by atoms with Gasteiger partial charge in [-0.15, -0.1) is 11.3 Å². The van der Waals surface area contributed by atoms with Crippen LogP contribution in [0.1, 0.15) is 15.2 Å². The van der Waals surface area contributed by atoms with Gasteiger partial charge in [-0.05, 0) is 17.0 Å². The predicted octanol–water partition coefficient (Wildman–Crippen LogP) is 2.28. The Labute approximate surface area is 89.4 Å². The summed E-state index contributed by atoms with van der Waals surface area (Å²) in [6.45, 7) is 0. The summed E-state index contributed by atoms with van der Waals surface area (Å²) in [5.41, 5.74) is 0.999. The number of hydrogen-bond donors (Lipinski definition) is 0. The Morgan fingerprint density at radius 3 is 3.00 bits per heavy atom. The third-order valence-corrected chi connectivity index (χ3v) is 3.19. The molecular weight excluding hydrogens is 254 g/mol. The largest absolute Gasteiger partial charge is 0.287 e. The van der Waals surface area contributed by atoms with Gasteiger partial charge in [-0.3, -0.25) is 9.63 Å². The first-order valence-electron chi connectivity index (χ1n) is 3.65. The van der Waals surface area contributed by atoms with Crippen molar-refractivity contribution in [3.8, 4) is 0 Å². The van der Waals surface area contributed by atoms with Crippen LogP contribution in [0, 0.1) is 0 Å². The Kier molecular flexibility index (Phi) is 3.90. The van der Waals surface area contributed by atoms with Crippen LogP contribution in [-0.4, -0.2) is 25.1 Å². The van der Waals surface area contributed by atoms with Crippen molar-refractivity contribution in [2.75, 3.05) is 14.2 Å². The molecule has 72 valence electrons. The summed E-state index contributed by atoms with van der Waals surface area (Å²) in [6.07, 6.45) is 0. The van der Waals surface area contributed by atoms with Gasteiger partial charge in [-0.1, -0.05) is 15.9 Å². The van der Waals surface area contributed by atoms with Crippen LogP contribution in [0.3, 0.4) is 0 Å². The van der Waals surface area contributed by atoms with Crippen LogP contribution < -0.4 is 0 Å². The Hall–Kier alpha value is -0.390. The number of halogens is 1. The maximum absolute atomic E-state index is 11.6. The lowest BCUT2D eigenvalue weighted by molar-refractivity contribution is -0.0754. The third kappa shape index (κ3) is 2.30. The number of hydrogen-bond acceptors (Lipinski definition) is 3. The molecule has 0 aliphatic carbocycles. The zero-order chi connectivity index (χ0) is 9.84. The molecule has 0 N–H and O–H groups in total. The second-order valence-corrected chi connectivity index (χ2v) is 3.87. The van der Waals surface area contributed by atoms with E-state index in [0.717, 1.165) is 10.4 Å². The van der Waals surface area contributed by atoms with Crippen molar-refractivity contribution in [2.24, 2.45) is 0 Å². The molecule has 0 atom stereocenters. The number of amides is 1. The number of carbonyl (C=O) groups excluding carboxylic acids is 1. The first kappa shape index (κ1) is 10.7. The smallest absolute Gasteiger partial charge is 0.274 e. The number of carbonyl (C=O) groups is 1. The van der Waals surface area contributed by atoms with Crippen LogP contribution in [0.4, 0.5) is 0 Å². The van der Waals surface area contributed by atoms with Gasteiger partial charge in [0.1, 0.15) is 0 Å². The lowest BCUT2D eigenvalue weighted by Crippen LogP contribution is -2.25. The van der Waals surface area contributed by atoms with Gasteiger partial charge in [-0.25, -0.2) is 5.06 Å². The number of rotatable bonds is 3. The van der Waals surface area contributed by atoms with E-state index >= 15 is 0 Å². The zero-order valence-corrected chi connectivity index (χ0v) is 9.81. The van der Waals surface area contributed by atoms with Gasteiger partial charge in [0, 0.05) is 12.4 Å². The molecule has 0 spiro atoms. The lowest BCUT2D eigenvalue weighted by Gasteiger charge is -2.12. The van der Waals surface area contributed by atoms with E-state index in [1.54, 1.807) is 7.05 Å². The molecule has 1 amide bonds. The minimum absolute atomic E-state index is 0.105. The molecule has 0 bridgehead atoms. The average Bonchev–Trinajstić information content (AvgIpc) is 2.62. The Morgan fingerprint density at radius 1 is 1.77 bits per heavy atom. The van der Waals surface area contributed by atoms with Crippen molar-refractivity contribution in [3.63, 3.8) is 0 Å². The molecule has 0 aromatic carbocycles. The molecule has 0 fully saturated rings. The van der Waals surface area contributed by atoms with E-state index in [1.807, 2.05) is 11.4 Å². The van der Waals surface area contributed by atoms with Crippen LogP contribution >= 0.6 is 27.3 Å². The highest BCUT2D eigenvalue weighted by molar-refractivity contribution is 9.08. The molecule has 1 rings (SSSR count). The average molecular weight is 264 g/mol. The second kappa shape index (κ2) is 4.74. The van der Waals surface area contributed by atoms with Gasteiger partial charge < -0.3 is 0 Å². The normalized spacial score (nSPS) is 10.1. The van der Waals surface area contributed by atoms with Crippen molar-refractivity contribution >= 4 is 33.2 Å². The fourth-order valence-corrected chi connectivity index (χ4v) is 2.40. The van der Waals surface area contributed by atoms with Crippen molar-refractivity contribution < 1.29 is 9.63 Å². The van der Waals surface area contributed by atoms with Crippen LogP contribution in [0.15, 0.2) is 11.4 Å². The fraction of sp³-hybridized carbons (Fsp3) is 0.375. The molecule has 0 unspecified atom stereocenters. The Bertz CT molecular complexity index is 300. The van der Waals surface area contributed by atoms with E-state index < -0.39 is 0 Å². The van der Waals surface area contributed by atoms with Crippen LogP contribution in [0.5, 0.6) is 0 Å². The zero-order valence-electron chi connectivity index (χ0n) is 7.41. The molecule has 0 radical (unpaired) electrons. The van der Waals surface area contributed by atoms with Crippen molar-refractivity contribution in [1.29, 1.82) is 0 Å². The lowest BCUT2D eigenvalue weighted by atomic mass is 10.3. The van der Waals surface area contributed by atoms with Crippen molar-refractivity contribution in [2.45, 2.75) is 5.33 Å². The van der Waals surface area contributed by atoms with Crippen molar-refractivity contribution in [1.82, 2.24) is 5.06 Å². The molecule has 1 heterocycles. The fourth-order valence-electron chi connectivity index (χ4n) is 0.854. The Balaban J connectivity index is 2.88. The minimum atomic E-state index is -0.105. The van der Waals surface area contributed by atoms with E-state index in [4.69, 9.17) is 4.84 Å². The number of thiophene rings is 1. The second-order valence-electron chi connectivity index (χ2n) is 2.39. The maximum atomic E-state index is 11.6. The molecule has 5 heteroatoms. The van der Waals surface area contributed by atoms with E-state index in [0.29, 0.717) is 5.33 Å². The summed E-state index contributed by atoms with van der Waals surface area (Å²) < 4.78 is 0. The van der Waals surface area contributed by atoms with Gasteiger partial charge in [-0.2, -0.15) is 0 Å². The topological polar surface area (TPSA) is 29.5 Å². The standard InChI is InChI=1S/C8H10BrNO2S/c1-10(12-2)8(11)7-6(5-9)3-4-13-7/h3-4H,5H2,1-2H3. The Morgan fingerprint density at radius 2 is 2.46 bits per heavy atom. The number of alkyl halides is 1. The van der Waals surface area contributed by atoms with Gasteiger partial charge in [0.05, 0.1) is 12.0 Å². The molecule has 0 saturated carbocycles. The summed E-state index contributed by atoms with van der Waals surface area (Å²) in [4.78, 5) is 17.1. The first-order chi connectivity index (χ1) is 6.20. The molecule has 0 saturated heterocycles. The van der Waals surface area contributed by atoms with Crippen molar-refractivity contribution in [3.05, 3.63) is 21.9 Å². The van der Waals surface area contributed by atoms with E-state index in [-0.39, 0.29) is 5.91 Å². The highest BCUT2D eigenvalue weighted by Crippen LogP contribution is 2.20. The van der Waals surface area contributed by atoms with Gasteiger partial charge in [0.15, 0.2) is 0 Å². The molecule has 13 heavy (non-hydrogen) atoms. The van der Waals surface area contributed by atoms with Crippen LogP contribution in [0.25, 0.3) is 0 Å². The molecule has 1 aromatic rings. The SMILES string of the molecule is CON(C)C(=O)c1sccc1CBr. The summed E-state index contributed by atoms with van der Waals surface area (Å²) in [6, 6.07) is 1.93. The quantitative estimate of drug-likeness (QED) is 0.619. The molecule has 3 nitrogen and oxygen atoms in total. The monoisotopic (exact) mass is 263 g/mol. The van der Waals surface area contributed by atoms with E-state index in [9.17, 15) is 4.79 Å². The van der Waals surface area contributed by atoms with Gasteiger partial charge in [0.25, 0.3) is 5.91 Å². The number of nitrogens with zero attached hydrogens (tertiary/aromatic N) is 1. The van der Waals surface area contributed by atoms with Crippen LogP contribution in [0.2, 0.25) is 0 Å². The molecular formula is C8H10BrNO2S. The summed E-state index contributed by atoms with van der Waals surface area (Å²) in [5, 5.41) is 3.81. The first-order valence-corrected chi connectivity index (χ1v) is 5.65. The molecule has 0 aliphatic heterocycles. The summed E-state index contributed by atoms with van der Waals surface area (Å²) in [7, 11) is 3.07. The third-order valence-electron chi connectivity index (χ3n) is 1.64. The van der Waals surface area contributed by atoms with Crippen LogP contribution in [-0.2, 0) is 10.2 Å². The van der Waals surface area contributed by atoms with E-state index in [1.165, 1.54) is 23.5 Å². The highest BCUT2D eigenvalue weighted by Gasteiger charge is 2.16.